The lowest BCUT2D eigenvalue weighted by Crippen LogP contribution is -1.99. The van der Waals surface area contributed by atoms with Gasteiger partial charge in [-0.25, -0.2) is 4.79 Å². The first kappa shape index (κ1) is 19.9. The number of benzene rings is 2. The highest BCUT2D eigenvalue weighted by molar-refractivity contribution is 6.08. The first-order valence-electron chi connectivity index (χ1n) is 10.00. The number of furan rings is 1. The van der Waals surface area contributed by atoms with Gasteiger partial charge in [-0.3, -0.25) is 4.79 Å². The summed E-state index contributed by atoms with van der Waals surface area (Å²) in [7, 11) is 0. The molecule has 0 atom stereocenters. The molecule has 1 N–H and O–H groups in total. The van der Waals surface area contributed by atoms with Crippen molar-refractivity contribution in [1.82, 2.24) is 0 Å². The van der Waals surface area contributed by atoms with E-state index in [0.29, 0.717) is 28.9 Å². The second kappa shape index (κ2) is 9.36. The highest BCUT2D eigenvalue weighted by Crippen LogP contribution is 2.32. The lowest BCUT2D eigenvalue weighted by Gasteiger charge is -2.03. The number of Topliss-reactive ketones (excluding diaryl/α,β-unsaturated/α-hetero) is 1. The van der Waals surface area contributed by atoms with E-state index in [1.54, 1.807) is 30.3 Å². The van der Waals surface area contributed by atoms with Crippen LogP contribution in [-0.2, 0) is 0 Å². The van der Waals surface area contributed by atoms with E-state index >= 15 is 0 Å². The molecule has 1 aromatic heterocycles. The molecule has 0 bridgehead atoms. The van der Waals surface area contributed by atoms with Gasteiger partial charge < -0.3 is 9.52 Å². The standard InChI is InChI=1S/C24H26O4/c1-2-3-4-5-6-7-14-21(25)17-13-10-15-22-20(17)16-23(28-22)18-11-8-9-12-19(18)24(26)27/h8-13,15-16H,2-7,14H2,1H3,(H,26,27). The lowest BCUT2D eigenvalue weighted by molar-refractivity contribution is 0.0697. The largest absolute Gasteiger partial charge is 0.478 e. The molecule has 3 aromatic rings. The Labute approximate surface area is 165 Å². The van der Waals surface area contributed by atoms with Crippen molar-refractivity contribution in [1.29, 1.82) is 0 Å². The van der Waals surface area contributed by atoms with Gasteiger partial charge in [-0.15, -0.1) is 0 Å². The van der Waals surface area contributed by atoms with E-state index in [1.807, 2.05) is 18.2 Å². The molecule has 0 spiro atoms. The third kappa shape index (κ3) is 4.50. The first-order valence-corrected chi connectivity index (χ1v) is 10.00. The van der Waals surface area contributed by atoms with Gasteiger partial charge in [0, 0.05) is 22.9 Å². The summed E-state index contributed by atoms with van der Waals surface area (Å²) in [5, 5.41) is 10.2. The Morgan fingerprint density at radius 2 is 1.61 bits per heavy atom. The second-order valence-corrected chi connectivity index (χ2v) is 7.12. The van der Waals surface area contributed by atoms with Crippen molar-refractivity contribution in [3.8, 4) is 11.3 Å². The molecular formula is C24H26O4. The van der Waals surface area contributed by atoms with Crippen LogP contribution in [-0.4, -0.2) is 16.9 Å². The van der Waals surface area contributed by atoms with Crippen molar-refractivity contribution >= 4 is 22.7 Å². The molecule has 4 nitrogen and oxygen atoms in total. The summed E-state index contributed by atoms with van der Waals surface area (Å²) in [6, 6.07) is 14.0. The summed E-state index contributed by atoms with van der Waals surface area (Å²) >= 11 is 0. The van der Waals surface area contributed by atoms with Crippen LogP contribution in [0.25, 0.3) is 22.3 Å². The molecule has 0 aliphatic rings. The Bertz CT molecular complexity index is 968. The zero-order chi connectivity index (χ0) is 19.9. The number of carboxylic acids is 1. The van der Waals surface area contributed by atoms with Crippen molar-refractivity contribution in [2.75, 3.05) is 0 Å². The average Bonchev–Trinajstić information content (AvgIpc) is 3.14. The minimum absolute atomic E-state index is 0.111. The monoisotopic (exact) mass is 378 g/mol. The summed E-state index contributed by atoms with van der Waals surface area (Å²) in [6.07, 6.45) is 7.37. The summed E-state index contributed by atoms with van der Waals surface area (Å²) in [5.41, 5.74) is 1.94. The van der Waals surface area contributed by atoms with Crippen LogP contribution >= 0.6 is 0 Å². The van der Waals surface area contributed by atoms with E-state index in [9.17, 15) is 14.7 Å². The van der Waals surface area contributed by atoms with Gasteiger partial charge in [0.25, 0.3) is 0 Å². The van der Waals surface area contributed by atoms with Gasteiger partial charge in [0.05, 0.1) is 5.56 Å². The van der Waals surface area contributed by atoms with Crippen LogP contribution in [0.4, 0.5) is 0 Å². The molecular weight excluding hydrogens is 352 g/mol. The van der Waals surface area contributed by atoms with Crippen molar-refractivity contribution in [3.05, 3.63) is 59.7 Å². The third-order valence-corrected chi connectivity index (χ3v) is 5.04. The molecule has 1 heterocycles. The van der Waals surface area contributed by atoms with Gasteiger partial charge in [0.1, 0.15) is 11.3 Å². The smallest absolute Gasteiger partial charge is 0.336 e. The summed E-state index contributed by atoms with van der Waals surface area (Å²) in [4.78, 5) is 24.2. The average molecular weight is 378 g/mol. The summed E-state index contributed by atoms with van der Waals surface area (Å²) < 4.78 is 5.89. The van der Waals surface area contributed by atoms with E-state index in [1.165, 1.54) is 25.7 Å². The number of hydrogen-bond donors (Lipinski definition) is 1. The van der Waals surface area contributed by atoms with E-state index in [4.69, 9.17) is 4.42 Å². The maximum absolute atomic E-state index is 12.7. The van der Waals surface area contributed by atoms with Gasteiger partial charge in [-0.05, 0) is 24.6 Å². The predicted molar refractivity (Wildman–Crippen MR) is 111 cm³/mol. The van der Waals surface area contributed by atoms with E-state index in [0.717, 1.165) is 18.2 Å². The first-order chi connectivity index (χ1) is 13.6. The number of hydrogen-bond acceptors (Lipinski definition) is 3. The molecule has 0 aliphatic heterocycles. The SMILES string of the molecule is CCCCCCCCC(=O)c1cccc2oc(-c3ccccc3C(=O)O)cc12. The normalized spacial score (nSPS) is 11.0. The Hall–Kier alpha value is -2.88. The van der Waals surface area contributed by atoms with Crippen LogP contribution in [0.2, 0.25) is 0 Å². The molecule has 0 unspecified atom stereocenters. The minimum atomic E-state index is -1.00. The Kier molecular flexibility index (Phi) is 6.64. The zero-order valence-corrected chi connectivity index (χ0v) is 16.2. The van der Waals surface area contributed by atoms with Gasteiger partial charge in [-0.1, -0.05) is 69.4 Å². The fourth-order valence-corrected chi connectivity index (χ4v) is 3.52. The molecule has 0 fully saturated rings. The number of aromatic carboxylic acids is 1. The Balaban J connectivity index is 1.81. The zero-order valence-electron chi connectivity index (χ0n) is 16.2. The quantitative estimate of drug-likeness (QED) is 0.314. The van der Waals surface area contributed by atoms with Gasteiger partial charge in [0.2, 0.25) is 0 Å². The van der Waals surface area contributed by atoms with Crippen LogP contribution in [0.15, 0.2) is 52.9 Å². The van der Waals surface area contributed by atoms with Gasteiger partial charge >= 0.3 is 5.97 Å². The van der Waals surface area contributed by atoms with E-state index < -0.39 is 5.97 Å². The number of carboxylic acid groups (broad SMARTS) is 1. The van der Waals surface area contributed by atoms with Crippen LogP contribution in [0.3, 0.4) is 0 Å². The molecule has 0 saturated carbocycles. The number of unbranched alkanes of at least 4 members (excludes halogenated alkanes) is 5. The van der Waals surface area contributed by atoms with Crippen molar-refractivity contribution in [2.45, 2.75) is 51.9 Å². The van der Waals surface area contributed by atoms with Crippen molar-refractivity contribution < 1.29 is 19.1 Å². The van der Waals surface area contributed by atoms with E-state index in [-0.39, 0.29) is 11.3 Å². The lowest BCUT2D eigenvalue weighted by atomic mass is 9.99. The molecule has 0 saturated heterocycles. The Morgan fingerprint density at radius 1 is 0.893 bits per heavy atom. The second-order valence-electron chi connectivity index (χ2n) is 7.12. The Morgan fingerprint density at radius 3 is 2.39 bits per heavy atom. The molecule has 2 aromatic carbocycles. The highest BCUT2D eigenvalue weighted by Gasteiger charge is 2.18. The number of rotatable bonds is 10. The van der Waals surface area contributed by atoms with Gasteiger partial charge in [-0.2, -0.15) is 0 Å². The van der Waals surface area contributed by atoms with Crippen LogP contribution in [0.5, 0.6) is 0 Å². The van der Waals surface area contributed by atoms with Gasteiger partial charge in [0.15, 0.2) is 5.78 Å². The fourth-order valence-electron chi connectivity index (χ4n) is 3.52. The van der Waals surface area contributed by atoms with Crippen molar-refractivity contribution in [3.63, 3.8) is 0 Å². The topological polar surface area (TPSA) is 67.5 Å². The molecule has 0 amide bonds. The van der Waals surface area contributed by atoms with Crippen LogP contribution in [0.1, 0.15) is 72.6 Å². The maximum atomic E-state index is 12.7. The summed E-state index contributed by atoms with van der Waals surface area (Å²) in [5.74, 6) is -0.428. The number of ketones is 1. The molecule has 0 radical (unpaired) electrons. The fraction of sp³-hybridized carbons (Fsp3) is 0.333. The molecule has 4 heteroatoms. The highest BCUT2D eigenvalue weighted by atomic mass is 16.4. The van der Waals surface area contributed by atoms with E-state index in [2.05, 4.69) is 6.92 Å². The van der Waals surface area contributed by atoms with Crippen molar-refractivity contribution in [2.24, 2.45) is 0 Å². The van der Waals surface area contributed by atoms with Crippen LogP contribution in [0, 0.1) is 0 Å². The number of carbonyl (C=O) groups excluding carboxylic acids is 1. The number of carbonyl (C=O) groups is 2. The molecule has 146 valence electrons. The maximum Gasteiger partial charge on any atom is 0.336 e. The molecule has 0 aliphatic carbocycles. The molecule has 3 rings (SSSR count). The van der Waals surface area contributed by atoms with Crippen LogP contribution < -0.4 is 0 Å². The predicted octanol–water partition coefficient (Wildman–Crippen LogP) is 6.73. The minimum Gasteiger partial charge on any atom is -0.478 e. The third-order valence-electron chi connectivity index (χ3n) is 5.04. The number of fused-ring (bicyclic) bond motifs is 1. The molecule has 28 heavy (non-hydrogen) atoms. The summed E-state index contributed by atoms with van der Waals surface area (Å²) in [6.45, 7) is 2.19.